The number of alkyl halides is 3. The number of benzene rings is 2. The number of unbranched alkanes of at least 4 members (excludes halogenated alkanes) is 2. The summed E-state index contributed by atoms with van der Waals surface area (Å²) in [5, 5.41) is 0. The van der Waals surface area contributed by atoms with Gasteiger partial charge in [-0.05, 0) is 62.6 Å². The number of imidazole rings is 1. The molecule has 0 spiro atoms. The molecule has 0 bridgehead atoms. The van der Waals surface area contributed by atoms with E-state index in [-0.39, 0.29) is 11.7 Å². The van der Waals surface area contributed by atoms with E-state index in [4.69, 9.17) is 14.5 Å². The highest BCUT2D eigenvalue weighted by atomic mass is 19.4. The van der Waals surface area contributed by atoms with Crippen LogP contribution in [0.25, 0.3) is 22.4 Å². The number of nitrogens with zero attached hydrogens (tertiary/aromatic N) is 3. The lowest BCUT2D eigenvalue weighted by Crippen LogP contribution is -2.17. The number of carbonyl (C=O) groups excluding carboxylic acids is 1. The molecule has 0 atom stereocenters. The summed E-state index contributed by atoms with van der Waals surface area (Å²) >= 11 is 0. The van der Waals surface area contributed by atoms with Crippen molar-refractivity contribution in [1.82, 2.24) is 14.5 Å². The van der Waals surface area contributed by atoms with Crippen LogP contribution in [0.1, 0.15) is 38.2 Å². The van der Waals surface area contributed by atoms with Crippen molar-refractivity contribution in [2.45, 2.75) is 45.5 Å². The second-order valence-corrected chi connectivity index (χ2v) is 8.53. The number of hydrogen-bond acceptors (Lipinski definition) is 6. The van der Waals surface area contributed by atoms with E-state index in [0.29, 0.717) is 43.1 Å². The first kappa shape index (κ1) is 27.0. The van der Waals surface area contributed by atoms with E-state index in [1.54, 1.807) is 31.5 Å². The minimum atomic E-state index is -4.76. The van der Waals surface area contributed by atoms with Crippen LogP contribution >= 0.6 is 0 Å². The number of rotatable bonds is 12. The van der Waals surface area contributed by atoms with Crippen molar-refractivity contribution >= 4 is 17.0 Å². The van der Waals surface area contributed by atoms with Crippen molar-refractivity contribution in [2.24, 2.45) is 0 Å². The summed E-state index contributed by atoms with van der Waals surface area (Å²) in [4.78, 5) is 20.3. The second kappa shape index (κ2) is 12.4. The maximum absolute atomic E-state index is 12.6. The predicted molar refractivity (Wildman–Crippen MR) is 136 cm³/mol. The third-order valence-corrected chi connectivity index (χ3v) is 5.79. The lowest BCUT2D eigenvalue weighted by molar-refractivity contribution is -0.274. The van der Waals surface area contributed by atoms with Crippen molar-refractivity contribution in [2.75, 3.05) is 13.2 Å². The van der Waals surface area contributed by atoms with Gasteiger partial charge < -0.3 is 18.8 Å². The molecule has 2 heterocycles. The van der Waals surface area contributed by atoms with Crippen LogP contribution in [0.15, 0.2) is 67.0 Å². The monoisotopic (exact) mass is 527 g/mol. The Labute approximate surface area is 218 Å². The Balaban J connectivity index is 1.50. The van der Waals surface area contributed by atoms with Crippen LogP contribution in [0.3, 0.4) is 0 Å². The van der Waals surface area contributed by atoms with Crippen LogP contribution in [-0.4, -0.2) is 40.1 Å². The number of para-hydroxylation sites is 1. The van der Waals surface area contributed by atoms with E-state index in [2.05, 4.69) is 9.72 Å². The molecule has 2 aromatic heterocycles. The zero-order valence-electron chi connectivity index (χ0n) is 20.9. The normalized spacial score (nSPS) is 11.5. The number of halogens is 3. The first-order valence-corrected chi connectivity index (χ1v) is 12.4. The first-order chi connectivity index (χ1) is 18.3. The molecule has 38 heavy (non-hydrogen) atoms. The Hall–Kier alpha value is -4.08. The number of esters is 1. The van der Waals surface area contributed by atoms with Gasteiger partial charge in [0.25, 0.3) is 0 Å². The minimum Gasteiger partial charge on any atom is -0.493 e. The molecule has 7 nitrogen and oxygen atoms in total. The van der Waals surface area contributed by atoms with Gasteiger partial charge in [0.2, 0.25) is 0 Å². The van der Waals surface area contributed by atoms with Gasteiger partial charge in [0.1, 0.15) is 22.8 Å². The fourth-order valence-electron chi connectivity index (χ4n) is 4.08. The van der Waals surface area contributed by atoms with E-state index in [0.717, 1.165) is 36.1 Å². The van der Waals surface area contributed by atoms with E-state index in [9.17, 15) is 18.0 Å². The van der Waals surface area contributed by atoms with Crippen LogP contribution < -0.4 is 9.47 Å². The summed E-state index contributed by atoms with van der Waals surface area (Å²) in [6.07, 6.45) is 1.35. The highest BCUT2D eigenvalue weighted by Gasteiger charge is 2.31. The fraction of sp³-hybridized carbons (Fsp3) is 0.321. The number of fused-ring (bicyclic) bond motifs is 1. The van der Waals surface area contributed by atoms with Gasteiger partial charge in [0.15, 0.2) is 0 Å². The van der Waals surface area contributed by atoms with Gasteiger partial charge in [0.05, 0.1) is 31.5 Å². The molecule has 0 N–H and O–H groups in total. The lowest BCUT2D eigenvalue weighted by Gasteiger charge is -2.15. The average Bonchev–Trinajstić information content (AvgIpc) is 3.25. The molecule has 0 fully saturated rings. The summed E-state index contributed by atoms with van der Waals surface area (Å²) in [5.74, 6) is 0.834. The molecule has 0 saturated heterocycles. The Bertz CT molecular complexity index is 1350. The number of carbonyl (C=O) groups is 1. The van der Waals surface area contributed by atoms with Gasteiger partial charge in [-0.3, -0.25) is 9.78 Å². The third-order valence-electron chi connectivity index (χ3n) is 5.79. The SMILES string of the molecule is CCOC(=O)CCCCCOc1ccccc1Cn1c(-c2ccc(OC(F)(F)F)cc2)nc2cnccc21. The summed E-state index contributed by atoms with van der Waals surface area (Å²) in [7, 11) is 0. The third kappa shape index (κ3) is 7.24. The van der Waals surface area contributed by atoms with Crippen molar-refractivity contribution in [3.8, 4) is 22.9 Å². The van der Waals surface area contributed by atoms with Gasteiger partial charge in [-0.2, -0.15) is 0 Å². The molecular weight excluding hydrogens is 499 g/mol. The number of pyridine rings is 1. The zero-order chi connectivity index (χ0) is 27.0. The van der Waals surface area contributed by atoms with Gasteiger partial charge in [0, 0.05) is 23.7 Å². The maximum atomic E-state index is 12.6. The quantitative estimate of drug-likeness (QED) is 0.154. The summed E-state index contributed by atoms with van der Waals surface area (Å²) in [6.45, 7) is 3.11. The Morgan fingerprint density at radius 3 is 2.55 bits per heavy atom. The van der Waals surface area contributed by atoms with Crippen LogP contribution in [0, 0.1) is 0 Å². The standard InChI is InChI=1S/C28H28F3N3O4/c1-2-36-26(35)10-4-3-7-17-37-25-9-6-5-8-21(25)19-34-24-15-16-32-18-23(24)33-27(34)20-11-13-22(14-12-20)38-28(29,30)31/h5-6,8-9,11-16,18H,2-4,7,10,17,19H2,1H3. The Kier molecular flexibility index (Phi) is 8.83. The van der Waals surface area contributed by atoms with E-state index in [1.165, 1.54) is 12.1 Å². The summed E-state index contributed by atoms with van der Waals surface area (Å²) in [5.41, 5.74) is 3.06. The Morgan fingerprint density at radius 1 is 1.00 bits per heavy atom. The van der Waals surface area contributed by atoms with E-state index in [1.807, 2.05) is 34.9 Å². The van der Waals surface area contributed by atoms with Gasteiger partial charge in [-0.15, -0.1) is 13.2 Å². The van der Waals surface area contributed by atoms with Crippen LogP contribution in [0.5, 0.6) is 11.5 Å². The first-order valence-electron chi connectivity index (χ1n) is 12.4. The van der Waals surface area contributed by atoms with Crippen molar-refractivity contribution in [3.63, 3.8) is 0 Å². The van der Waals surface area contributed by atoms with Gasteiger partial charge >= 0.3 is 12.3 Å². The average molecular weight is 528 g/mol. The molecule has 4 aromatic rings. The molecule has 4 rings (SSSR count). The topological polar surface area (TPSA) is 75.5 Å². The van der Waals surface area contributed by atoms with Crippen molar-refractivity contribution in [3.05, 3.63) is 72.6 Å². The van der Waals surface area contributed by atoms with Crippen molar-refractivity contribution in [1.29, 1.82) is 0 Å². The fourth-order valence-corrected chi connectivity index (χ4v) is 4.08. The predicted octanol–water partition coefficient (Wildman–Crippen LogP) is 6.55. The molecule has 0 saturated carbocycles. The largest absolute Gasteiger partial charge is 0.573 e. The maximum Gasteiger partial charge on any atom is 0.573 e. The van der Waals surface area contributed by atoms with Crippen molar-refractivity contribution < 1.29 is 32.2 Å². The molecule has 0 aliphatic rings. The van der Waals surface area contributed by atoms with E-state index < -0.39 is 6.36 Å². The van der Waals surface area contributed by atoms with Gasteiger partial charge in [-0.1, -0.05) is 18.2 Å². The van der Waals surface area contributed by atoms with Gasteiger partial charge in [-0.25, -0.2) is 4.98 Å². The lowest BCUT2D eigenvalue weighted by atomic mass is 10.1. The van der Waals surface area contributed by atoms with Crippen LogP contribution in [0.4, 0.5) is 13.2 Å². The molecule has 0 unspecified atom stereocenters. The van der Waals surface area contributed by atoms with Crippen LogP contribution in [0.2, 0.25) is 0 Å². The molecule has 0 radical (unpaired) electrons. The number of hydrogen-bond donors (Lipinski definition) is 0. The highest BCUT2D eigenvalue weighted by molar-refractivity contribution is 5.80. The molecule has 200 valence electrons. The number of ether oxygens (including phenoxy) is 3. The zero-order valence-corrected chi connectivity index (χ0v) is 20.9. The molecule has 0 aliphatic carbocycles. The summed E-state index contributed by atoms with van der Waals surface area (Å²) in [6, 6.07) is 15.2. The smallest absolute Gasteiger partial charge is 0.493 e. The molecule has 10 heteroatoms. The highest BCUT2D eigenvalue weighted by Crippen LogP contribution is 2.30. The summed E-state index contributed by atoms with van der Waals surface area (Å²) < 4.78 is 54.8. The molecule has 2 aromatic carbocycles. The van der Waals surface area contributed by atoms with E-state index >= 15 is 0 Å². The molecular formula is C28H28F3N3O4. The van der Waals surface area contributed by atoms with Crippen LogP contribution in [-0.2, 0) is 16.1 Å². The second-order valence-electron chi connectivity index (χ2n) is 8.53. The molecule has 0 amide bonds. The molecule has 0 aliphatic heterocycles. The Morgan fingerprint density at radius 2 is 1.79 bits per heavy atom. The number of aromatic nitrogens is 3. The minimum absolute atomic E-state index is 0.181.